The maximum atomic E-state index is 14.0. The van der Waals surface area contributed by atoms with Crippen molar-refractivity contribution in [3.63, 3.8) is 0 Å². The zero-order valence-electron chi connectivity index (χ0n) is 22.2. The third-order valence-corrected chi connectivity index (χ3v) is 9.37. The molecule has 3 aliphatic carbocycles. The molecule has 0 saturated heterocycles. The van der Waals surface area contributed by atoms with E-state index < -0.39 is 17.6 Å². The molecule has 0 atom stereocenters. The SMILES string of the molecule is CC1CCC(C(=O)N(c2cc(C#CC3(C(F)(F)F)CC3)sc2C(=O)O)C2CCC(Oc3ccncn3)CC2)CC1. The van der Waals surface area contributed by atoms with Crippen molar-refractivity contribution in [3.8, 4) is 17.7 Å². The van der Waals surface area contributed by atoms with Crippen LogP contribution >= 0.6 is 11.3 Å². The summed E-state index contributed by atoms with van der Waals surface area (Å²) in [4.78, 5) is 36.1. The lowest BCUT2D eigenvalue weighted by molar-refractivity contribution is -0.168. The number of thiophene rings is 1. The first-order chi connectivity index (χ1) is 19.1. The molecule has 0 radical (unpaired) electrons. The van der Waals surface area contributed by atoms with Crippen LogP contribution in [0.1, 0.15) is 85.7 Å². The molecule has 2 aromatic rings. The number of nitrogens with zero attached hydrogens (tertiary/aromatic N) is 3. The highest BCUT2D eigenvalue weighted by Crippen LogP contribution is 2.57. The molecule has 3 saturated carbocycles. The minimum absolute atomic E-state index is 0.0570. The molecule has 0 aromatic carbocycles. The molecule has 214 valence electrons. The quantitative estimate of drug-likeness (QED) is 0.397. The number of hydrogen-bond acceptors (Lipinski definition) is 6. The molecule has 11 heteroatoms. The van der Waals surface area contributed by atoms with E-state index in [0.717, 1.165) is 37.0 Å². The Labute approximate surface area is 235 Å². The summed E-state index contributed by atoms with van der Waals surface area (Å²) >= 11 is 0.833. The van der Waals surface area contributed by atoms with Crippen molar-refractivity contribution < 1.29 is 32.6 Å². The van der Waals surface area contributed by atoms with Gasteiger partial charge in [0.1, 0.15) is 22.7 Å². The molecule has 0 bridgehead atoms. The van der Waals surface area contributed by atoms with Crippen molar-refractivity contribution in [2.75, 3.05) is 4.90 Å². The van der Waals surface area contributed by atoms with Gasteiger partial charge in [0.25, 0.3) is 0 Å². The highest BCUT2D eigenvalue weighted by molar-refractivity contribution is 7.15. The average Bonchev–Trinajstić information content (AvgIpc) is 3.63. The van der Waals surface area contributed by atoms with E-state index in [4.69, 9.17) is 4.74 Å². The summed E-state index contributed by atoms with van der Waals surface area (Å²) in [7, 11) is 0. The lowest BCUT2D eigenvalue weighted by Crippen LogP contribution is -2.47. The molecule has 0 spiro atoms. The second-order valence-electron chi connectivity index (χ2n) is 11.2. The summed E-state index contributed by atoms with van der Waals surface area (Å²) in [6, 6.07) is 2.93. The average molecular weight is 576 g/mol. The van der Waals surface area contributed by atoms with Gasteiger partial charge >= 0.3 is 12.1 Å². The second-order valence-corrected chi connectivity index (χ2v) is 12.3. The molecule has 3 aliphatic rings. The molecule has 7 nitrogen and oxygen atoms in total. The minimum atomic E-state index is -4.43. The number of carbonyl (C=O) groups excluding carboxylic acids is 1. The Morgan fingerprint density at radius 2 is 1.82 bits per heavy atom. The Bertz CT molecular complexity index is 1280. The lowest BCUT2D eigenvalue weighted by Gasteiger charge is -2.39. The summed E-state index contributed by atoms with van der Waals surface area (Å²) in [6.07, 6.45) is 4.17. The number of anilines is 1. The molecular weight excluding hydrogens is 543 g/mol. The van der Waals surface area contributed by atoms with Gasteiger partial charge in [-0.15, -0.1) is 11.3 Å². The van der Waals surface area contributed by atoms with Crippen LogP contribution in [0.3, 0.4) is 0 Å². The van der Waals surface area contributed by atoms with Gasteiger partial charge in [-0.3, -0.25) is 4.79 Å². The zero-order chi connectivity index (χ0) is 28.5. The number of aromatic carboxylic acids is 1. The Morgan fingerprint density at radius 3 is 2.40 bits per heavy atom. The third-order valence-electron chi connectivity index (χ3n) is 8.34. The standard InChI is InChI=1S/C29H32F3N3O4S/c1-18-2-4-19(5-3-18)26(36)35(20-6-8-21(9-7-20)39-24-11-15-33-17-34-24)23-16-22(40-25(23)27(37)38)10-12-28(13-14-28)29(30,31)32/h11,15-21H,2-9,13-14H2,1H3,(H,37,38). The molecule has 0 aliphatic heterocycles. The zero-order valence-corrected chi connectivity index (χ0v) is 23.1. The van der Waals surface area contributed by atoms with Crippen molar-refractivity contribution in [3.05, 3.63) is 34.4 Å². The predicted molar refractivity (Wildman–Crippen MR) is 143 cm³/mol. The Balaban J connectivity index is 1.42. The van der Waals surface area contributed by atoms with Crippen LogP contribution in [0, 0.1) is 29.1 Å². The number of amides is 1. The molecule has 0 unspecified atom stereocenters. The van der Waals surface area contributed by atoms with Crippen LogP contribution in [0.2, 0.25) is 0 Å². The van der Waals surface area contributed by atoms with E-state index in [1.807, 2.05) is 0 Å². The van der Waals surface area contributed by atoms with Gasteiger partial charge in [-0.2, -0.15) is 13.2 Å². The van der Waals surface area contributed by atoms with Gasteiger partial charge in [0, 0.05) is 24.2 Å². The summed E-state index contributed by atoms with van der Waals surface area (Å²) < 4.78 is 46.3. The van der Waals surface area contributed by atoms with Crippen LogP contribution in [-0.4, -0.2) is 45.3 Å². The number of ether oxygens (including phenoxy) is 1. The monoisotopic (exact) mass is 575 g/mol. The Morgan fingerprint density at radius 1 is 1.12 bits per heavy atom. The van der Waals surface area contributed by atoms with Crippen molar-refractivity contribution in [2.24, 2.45) is 17.3 Å². The largest absolute Gasteiger partial charge is 0.477 e. The fourth-order valence-corrected chi connectivity index (χ4v) is 6.54. The number of carboxylic acids is 1. The molecule has 1 N–H and O–H groups in total. The molecule has 2 aromatic heterocycles. The number of rotatable bonds is 6. The highest BCUT2D eigenvalue weighted by atomic mass is 32.1. The Kier molecular flexibility index (Phi) is 8.09. The van der Waals surface area contributed by atoms with E-state index in [-0.39, 0.29) is 52.3 Å². The van der Waals surface area contributed by atoms with E-state index in [2.05, 4.69) is 28.7 Å². The maximum Gasteiger partial charge on any atom is 0.405 e. The third kappa shape index (κ3) is 6.12. The maximum absolute atomic E-state index is 14.0. The second kappa shape index (κ2) is 11.4. The van der Waals surface area contributed by atoms with Gasteiger partial charge in [-0.1, -0.05) is 18.8 Å². The van der Waals surface area contributed by atoms with Gasteiger partial charge in [0.05, 0.1) is 10.6 Å². The predicted octanol–water partition coefficient (Wildman–Crippen LogP) is 6.48. The van der Waals surface area contributed by atoms with E-state index >= 15 is 0 Å². The first kappa shape index (κ1) is 28.4. The minimum Gasteiger partial charge on any atom is -0.477 e. The van der Waals surface area contributed by atoms with Gasteiger partial charge < -0.3 is 14.7 Å². The number of carbonyl (C=O) groups is 2. The van der Waals surface area contributed by atoms with E-state index in [9.17, 15) is 27.9 Å². The fraction of sp³-hybridized carbons (Fsp3) is 0.586. The topological polar surface area (TPSA) is 92.6 Å². The smallest absolute Gasteiger partial charge is 0.405 e. The number of carboxylic acid groups (broad SMARTS) is 1. The van der Waals surface area contributed by atoms with Crippen LogP contribution in [-0.2, 0) is 4.79 Å². The van der Waals surface area contributed by atoms with Crippen molar-refractivity contribution >= 4 is 28.9 Å². The van der Waals surface area contributed by atoms with Crippen molar-refractivity contribution in [2.45, 2.75) is 89.5 Å². The van der Waals surface area contributed by atoms with E-state index in [1.54, 1.807) is 17.2 Å². The highest BCUT2D eigenvalue weighted by Gasteiger charge is 2.62. The molecule has 1 amide bonds. The summed E-state index contributed by atoms with van der Waals surface area (Å²) in [5.41, 5.74) is -1.78. The first-order valence-corrected chi connectivity index (χ1v) is 14.6. The van der Waals surface area contributed by atoms with Crippen molar-refractivity contribution in [1.82, 2.24) is 9.97 Å². The molecule has 2 heterocycles. The first-order valence-electron chi connectivity index (χ1n) is 13.8. The van der Waals surface area contributed by atoms with Gasteiger partial charge in [-0.05, 0) is 76.2 Å². The van der Waals surface area contributed by atoms with Crippen LogP contribution in [0.4, 0.5) is 18.9 Å². The summed E-state index contributed by atoms with van der Waals surface area (Å²) in [5, 5.41) is 10.0. The Hall–Kier alpha value is -3.13. The van der Waals surface area contributed by atoms with Crippen LogP contribution in [0.15, 0.2) is 24.7 Å². The summed E-state index contributed by atoms with van der Waals surface area (Å²) in [5.74, 6) is 4.42. The molecule has 40 heavy (non-hydrogen) atoms. The summed E-state index contributed by atoms with van der Waals surface area (Å²) in [6.45, 7) is 2.16. The number of alkyl halides is 3. The van der Waals surface area contributed by atoms with Crippen LogP contribution in [0.25, 0.3) is 0 Å². The molecule has 3 fully saturated rings. The van der Waals surface area contributed by atoms with E-state index in [0.29, 0.717) is 37.5 Å². The molecule has 5 rings (SSSR count). The fourth-order valence-electron chi connectivity index (χ4n) is 5.70. The van der Waals surface area contributed by atoms with Gasteiger partial charge in [0.2, 0.25) is 11.8 Å². The normalized spacial score (nSPS) is 25.8. The number of aromatic nitrogens is 2. The number of hydrogen-bond donors (Lipinski definition) is 1. The van der Waals surface area contributed by atoms with Crippen LogP contribution in [0.5, 0.6) is 5.88 Å². The van der Waals surface area contributed by atoms with Crippen LogP contribution < -0.4 is 9.64 Å². The van der Waals surface area contributed by atoms with Crippen molar-refractivity contribution in [1.29, 1.82) is 0 Å². The van der Waals surface area contributed by atoms with Gasteiger partial charge in [-0.25, -0.2) is 14.8 Å². The lowest BCUT2D eigenvalue weighted by atomic mass is 9.81. The van der Waals surface area contributed by atoms with Gasteiger partial charge in [0.15, 0.2) is 0 Å². The molecular formula is C29H32F3N3O4S. The van der Waals surface area contributed by atoms with E-state index in [1.165, 1.54) is 12.4 Å². The number of halogens is 3.